The molecular formula is C24H28N4O2. The van der Waals surface area contributed by atoms with E-state index in [-0.39, 0.29) is 11.9 Å². The third kappa shape index (κ3) is 3.03. The summed E-state index contributed by atoms with van der Waals surface area (Å²) < 4.78 is 0. The third-order valence-electron chi connectivity index (χ3n) is 6.18. The van der Waals surface area contributed by atoms with Crippen molar-refractivity contribution in [3.05, 3.63) is 71.4 Å². The molecule has 6 heteroatoms. The van der Waals surface area contributed by atoms with Crippen molar-refractivity contribution in [2.75, 3.05) is 31.4 Å². The number of para-hydroxylation sites is 2. The summed E-state index contributed by atoms with van der Waals surface area (Å²) in [5.41, 5.74) is 3.68. The first-order valence-corrected chi connectivity index (χ1v) is 10.2. The molecule has 0 radical (unpaired) electrons. The van der Waals surface area contributed by atoms with Crippen LogP contribution in [0.2, 0.25) is 0 Å². The van der Waals surface area contributed by atoms with Crippen LogP contribution < -0.4 is 10.2 Å². The Balaban J connectivity index is 1.97. The smallest absolute Gasteiger partial charge is 0.324 e. The number of amides is 3. The summed E-state index contributed by atoms with van der Waals surface area (Å²) in [6, 6.07) is 17.2. The Labute approximate surface area is 177 Å². The summed E-state index contributed by atoms with van der Waals surface area (Å²) in [5.74, 6) is -0.0483. The first-order valence-electron chi connectivity index (χ1n) is 10.2. The number of benzene rings is 2. The predicted molar refractivity (Wildman–Crippen MR) is 119 cm³/mol. The van der Waals surface area contributed by atoms with Crippen molar-refractivity contribution in [3.8, 4) is 0 Å². The van der Waals surface area contributed by atoms with Crippen molar-refractivity contribution in [3.63, 3.8) is 0 Å². The highest BCUT2D eigenvalue weighted by Gasteiger charge is 2.49. The number of carbonyl (C=O) groups excluding carboxylic acids is 2. The van der Waals surface area contributed by atoms with Crippen LogP contribution in [0.5, 0.6) is 0 Å². The first-order chi connectivity index (χ1) is 14.2. The fourth-order valence-corrected chi connectivity index (χ4v) is 4.27. The zero-order valence-corrected chi connectivity index (χ0v) is 18.1. The summed E-state index contributed by atoms with van der Waals surface area (Å²) >= 11 is 0. The minimum absolute atomic E-state index is 0.0483. The quantitative estimate of drug-likeness (QED) is 0.830. The Kier molecular flexibility index (Phi) is 4.80. The van der Waals surface area contributed by atoms with Crippen LogP contribution in [0.25, 0.3) is 0 Å². The second-order valence-corrected chi connectivity index (χ2v) is 8.61. The standard InChI is InChI=1S/C24H28N4O2/c1-24(2)21-20(22(29)27(24)5)19(15-16-11-7-6-8-12-16)28(23(30)26(3)4)18-14-10-9-13-17(18)25-21/h6-14,19,25H,15H2,1-5H3. The topological polar surface area (TPSA) is 55.9 Å². The molecule has 0 bridgehead atoms. The van der Waals surface area contributed by atoms with E-state index in [4.69, 9.17) is 0 Å². The van der Waals surface area contributed by atoms with Crippen molar-refractivity contribution in [1.29, 1.82) is 0 Å². The van der Waals surface area contributed by atoms with Crippen LogP contribution in [0.15, 0.2) is 65.9 Å². The Hall–Kier alpha value is -3.28. The van der Waals surface area contributed by atoms with Gasteiger partial charge in [-0.3, -0.25) is 9.69 Å². The Morgan fingerprint density at radius 2 is 1.70 bits per heavy atom. The molecule has 2 heterocycles. The largest absolute Gasteiger partial charge is 0.355 e. The van der Waals surface area contributed by atoms with Crippen molar-refractivity contribution in [2.45, 2.75) is 31.8 Å². The molecule has 1 atom stereocenters. The lowest BCUT2D eigenvalue weighted by Gasteiger charge is -2.35. The van der Waals surface area contributed by atoms with Gasteiger partial charge in [0, 0.05) is 21.1 Å². The lowest BCUT2D eigenvalue weighted by Crippen LogP contribution is -2.49. The summed E-state index contributed by atoms with van der Waals surface area (Å²) in [5, 5.41) is 3.52. The van der Waals surface area contributed by atoms with Crippen molar-refractivity contribution in [2.24, 2.45) is 0 Å². The summed E-state index contributed by atoms with van der Waals surface area (Å²) in [6.07, 6.45) is 0.547. The predicted octanol–water partition coefficient (Wildman–Crippen LogP) is 3.72. The summed E-state index contributed by atoms with van der Waals surface area (Å²) in [4.78, 5) is 32.0. The molecule has 6 nitrogen and oxygen atoms in total. The molecular weight excluding hydrogens is 376 g/mol. The van der Waals surface area contributed by atoms with Gasteiger partial charge in [-0.25, -0.2) is 4.79 Å². The molecule has 2 aliphatic heterocycles. The number of rotatable bonds is 2. The van der Waals surface area contributed by atoms with E-state index in [9.17, 15) is 9.59 Å². The highest BCUT2D eigenvalue weighted by atomic mass is 16.2. The molecule has 3 amide bonds. The van der Waals surface area contributed by atoms with E-state index < -0.39 is 11.6 Å². The molecule has 0 aliphatic carbocycles. The van der Waals surface area contributed by atoms with Gasteiger partial charge in [0.05, 0.1) is 34.2 Å². The zero-order valence-electron chi connectivity index (χ0n) is 18.1. The molecule has 2 aromatic carbocycles. The Morgan fingerprint density at radius 1 is 1.07 bits per heavy atom. The summed E-state index contributed by atoms with van der Waals surface area (Å²) in [7, 11) is 5.30. The van der Waals surface area contributed by atoms with Crippen molar-refractivity contribution >= 4 is 23.3 Å². The normalized spacial score (nSPS) is 19.8. The number of fused-ring (bicyclic) bond motifs is 1. The molecule has 156 valence electrons. The highest BCUT2D eigenvalue weighted by Crippen LogP contribution is 2.44. The van der Waals surface area contributed by atoms with Crippen LogP contribution in [0.3, 0.4) is 0 Å². The number of urea groups is 1. The fraction of sp³-hybridized carbons (Fsp3) is 0.333. The van der Waals surface area contributed by atoms with E-state index in [1.54, 1.807) is 28.8 Å². The number of hydrogen-bond acceptors (Lipinski definition) is 3. The lowest BCUT2D eigenvalue weighted by molar-refractivity contribution is -0.127. The zero-order chi connectivity index (χ0) is 21.6. The minimum atomic E-state index is -0.508. The molecule has 1 unspecified atom stereocenters. The van der Waals surface area contributed by atoms with Crippen LogP contribution in [-0.4, -0.2) is 54.5 Å². The second-order valence-electron chi connectivity index (χ2n) is 8.61. The highest BCUT2D eigenvalue weighted by molar-refractivity contribution is 6.06. The van der Waals surface area contributed by atoms with Crippen molar-refractivity contribution < 1.29 is 9.59 Å². The van der Waals surface area contributed by atoms with E-state index in [1.807, 2.05) is 75.5 Å². The second kappa shape index (κ2) is 7.20. The van der Waals surface area contributed by atoms with Crippen LogP contribution >= 0.6 is 0 Å². The average Bonchev–Trinajstić information content (AvgIpc) is 2.84. The van der Waals surface area contributed by atoms with E-state index in [2.05, 4.69) is 5.32 Å². The molecule has 30 heavy (non-hydrogen) atoms. The number of nitrogens with one attached hydrogen (secondary N) is 1. The maximum Gasteiger partial charge on any atom is 0.324 e. The molecule has 0 aromatic heterocycles. The SMILES string of the molecule is CN(C)C(=O)N1c2ccccc2NC2=C(C(=O)N(C)C2(C)C)C1Cc1ccccc1. The number of carbonyl (C=O) groups is 2. The Bertz CT molecular complexity index is 1030. The number of anilines is 2. The molecule has 1 N–H and O–H groups in total. The first kappa shape index (κ1) is 20.0. The van der Waals surface area contributed by atoms with Crippen LogP contribution in [0.4, 0.5) is 16.2 Å². The fourth-order valence-electron chi connectivity index (χ4n) is 4.27. The van der Waals surface area contributed by atoms with E-state index >= 15 is 0 Å². The monoisotopic (exact) mass is 404 g/mol. The van der Waals surface area contributed by atoms with Gasteiger partial charge in [-0.1, -0.05) is 42.5 Å². The third-order valence-corrected chi connectivity index (χ3v) is 6.18. The van der Waals surface area contributed by atoms with E-state index in [1.165, 1.54) is 0 Å². The van der Waals surface area contributed by atoms with Gasteiger partial charge < -0.3 is 15.1 Å². The summed E-state index contributed by atoms with van der Waals surface area (Å²) in [6.45, 7) is 4.07. The van der Waals surface area contributed by atoms with Gasteiger partial charge in [0.2, 0.25) is 0 Å². The lowest BCUT2D eigenvalue weighted by atomic mass is 9.93. The van der Waals surface area contributed by atoms with Gasteiger partial charge in [0.25, 0.3) is 5.91 Å². The number of nitrogens with zero attached hydrogens (tertiary/aromatic N) is 3. The van der Waals surface area contributed by atoms with E-state index in [0.717, 1.165) is 22.6 Å². The van der Waals surface area contributed by atoms with Crippen molar-refractivity contribution in [1.82, 2.24) is 9.80 Å². The van der Waals surface area contributed by atoms with Gasteiger partial charge >= 0.3 is 6.03 Å². The molecule has 2 aliphatic rings. The van der Waals surface area contributed by atoms with Crippen LogP contribution in [0.1, 0.15) is 19.4 Å². The molecule has 0 saturated carbocycles. The van der Waals surface area contributed by atoms with Gasteiger partial charge in [-0.15, -0.1) is 0 Å². The van der Waals surface area contributed by atoms with Gasteiger partial charge in [0.1, 0.15) is 0 Å². The number of likely N-dealkylation sites (N-methyl/N-ethyl adjacent to an activating group) is 1. The van der Waals surface area contributed by atoms with Gasteiger partial charge in [0.15, 0.2) is 0 Å². The molecule has 0 fully saturated rings. The minimum Gasteiger partial charge on any atom is -0.355 e. The van der Waals surface area contributed by atoms with E-state index in [0.29, 0.717) is 12.0 Å². The molecule has 0 saturated heterocycles. The maximum atomic E-state index is 13.5. The van der Waals surface area contributed by atoms with Crippen LogP contribution in [-0.2, 0) is 11.2 Å². The molecule has 0 spiro atoms. The molecule has 2 aromatic rings. The van der Waals surface area contributed by atoms with Crippen LogP contribution in [0, 0.1) is 0 Å². The number of hydrogen-bond donors (Lipinski definition) is 1. The van der Waals surface area contributed by atoms with Gasteiger partial charge in [-0.2, -0.15) is 0 Å². The average molecular weight is 405 g/mol. The van der Waals surface area contributed by atoms with Gasteiger partial charge in [-0.05, 0) is 38.0 Å². The Morgan fingerprint density at radius 3 is 2.37 bits per heavy atom. The maximum absolute atomic E-state index is 13.5. The molecule has 4 rings (SSSR count).